The van der Waals surface area contributed by atoms with Gasteiger partial charge in [0, 0.05) is 30.8 Å². The van der Waals surface area contributed by atoms with Gasteiger partial charge in [-0.1, -0.05) is 60.7 Å². The zero-order chi connectivity index (χ0) is 25.1. The van der Waals surface area contributed by atoms with Crippen LogP contribution in [0.15, 0.2) is 66.7 Å². The number of alkyl halides is 3. The molecule has 1 fully saturated rings. The maximum absolute atomic E-state index is 15.2. The molecule has 0 unspecified atom stereocenters. The summed E-state index contributed by atoms with van der Waals surface area (Å²) in [6.45, 7) is 2.59. The Morgan fingerprint density at radius 3 is 2.39 bits per heavy atom. The molecule has 3 aromatic carbocycles. The number of aryl methyl sites for hydroxylation is 1. The lowest BCUT2D eigenvalue weighted by molar-refractivity contribution is 0.0968. The van der Waals surface area contributed by atoms with Crippen molar-refractivity contribution in [1.29, 1.82) is 0 Å². The highest BCUT2D eigenvalue weighted by Crippen LogP contribution is 2.41. The quantitative estimate of drug-likeness (QED) is 0.288. The first kappa shape index (κ1) is 24.8. The van der Waals surface area contributed by atoms with E-state index in [0.717, 1.165) is 67.2 Å². The van der Waals surface area contributed by atoms with Crippen molar-refractivity contribution in [2.24, 2.45) is 5.92 Å². The van der Waals surface area contributed by atoms with Gasteiger partial charge >= 0.3 is 0 Å². The molecular formula is C31H31F4N. The fraction of sp³-hybridized carbons (Fsp3) is 0.355. The van der Waals surface area contributed by atoms with Gasteiger partial charge in [-0.3, -0.25) is 4.39 Å². The highest BCUT2D eigenvalue weighted by Gasteiger charge is 2.26. The molecule has 0 atom stereocenters. The SMILES string of the molecule is FCCCN1CC(Cc2ccc(C3=C(c4ccc(C(F)F)cc4F)CCCc4ccccc43)cc2)C1. The number of nitrogens with zero attached hydrogens (tertiary/aromatic N) is 1. The Labute approximate surface area is 210 Å². The van der Waals surface area contributed by atoms with Crippen LogP contribution in [0.5, 0.6) is 0 Å². The molecule has 1 aliphatic carbocycles. The first-order valence-corrected chi connectivity index (χ1v) is 12.8. The molecule has 0 amide bonds. The van der Waals surface area contributed by atoms with Crippen molar-refractivity contribution in [3.05, 3.63) is 106 Å². The van der Waals surface area contributed by atoms with E-state index in [1.807, 2.05) is 12.1 Å². The molecule has 188 valence electrons. The zero-order valence-electron chi connectivity index (χ0n) is 20.3. The van der Waals surface area contributed by atoms with E-state index in [2.05, 4.69) is 41.3 Å². The van der Waals surface area contributed by atoms with Crippen LogP contribution >= 0.6 is 0 Å². The summed E-state index contributed by atoms with van der Waals surface area (Å²) in [5, 5.41) is 0. The third kappa shape index (κ3) is 5.27. The molecule has 1 aliphatic heterocycles. The van der Waals surface area contributed by atoms with Gasteiger partial charge in [-0.25, -0.2) is 13.2 Å². The van der Waals surface area contributed by atoms with Gasteiger partial charge in [0.25, 0.3) is 6.43 Å². The summed E-state index contributed by atoms with van der Waals surface area (Å²) < 4.78 is 53.9. The van der Waals surface area contributed by atoms with Crippen molar-refractivity contribution in [3.8, 4) is 0 Å². The predicted molar refractivity (Wildman–Crippen MR) is 137 cm³/mol. The second-order valence-corrected chi connectivity index (χ2v) is 9.97. The van der Waals surface area contributed by atoms with Gasteiger partial charge in [0.1, 0.15) is 5.82 Å². The fourth-order valence-corrected chi connectivity index (χ4v) is 5.65. The van der Waals surface area contributed by atoms with Crippen molar-refractivity contribution < 1.29 is 17.6 Å². The van der Waals surface area contributed by atoms with Crippen molar-refractivity contribution in [2.45, 2.75) is 38.5 Å². The van der Waals surface area contributed by atoms with E-state index in [1.165, 1.54) is 23.3 Å². The zero-order valence-corrected chi connectivity index (χ0v) is 20.3. The van der Waals surface area contributed by atoms with E-state index in [1.54, 1.807) is 0 Å². The number of hydrogen-bond donors (Lipinski definition) is 0. The topological polar surface area (TPSA) is 3.24 Å². The van der Waals surface area contributed by atoms with Gasteiger partial charge in [0.15, 0.2) is 0 Å². The number of allylic oxidation sites excluding steroid dienone is 1. The second kappa shape index (κ2) is 11.0. The Morgan fingerprint density at radius 2 is 1.67 bits per heavy atom. The van der Waals surface area contributed by atoms with Gasteiger partial charge in [0.05, 0.1) is 6.67 Å². The van der Waals surface area contributed by atoms with Crippen LogP contribution in [-0.4, -0.2) is 31.2 Å². The van der Waals surface area contributed by atoms with E-state index in [0.29, 0.717) is 24.3 Å². The fourth-order valence-electron chi connectivity index (χ4n) is 5.65. The monoisotopic (exact) mass is 493 g/mol. The molecule has 1 nitrogen and oxygen atoms in total. The summed E-state index contributed by atoms with van der Waals surface area (Å²) in [5.74, 6) is -0.00936. The third-order valence-electron chi connectivity index (χ3n) is 7.44. The number of halogens is 4. The molecule has 1 heterocycles. The molecule has 0 N–H and O–H groups in total. The Balaban J connectivity index is 1.48. The molecule has 1 saturated heterocycles. The number of fused-ring (bicyclic) bond motifs is 1. The third-order valence-corrected chi connectivity index (χ3v) is 7.44. The Bertz CT molecular complexity index is 1230. The van der Waals surface area contributed by atoms with Gasteiger partial charge in [-0.05, 0) is 77.5 Å². The summed E-state index contributed by atoms with van der Waals surface area (Å²) in [6.07, 6.45) is 1.32. The first-order valence-electron chi connectivity index (χ1n) is 12.8. The predicted octanol–water partition coefficient (Wildman–Crippen LogP) is 7.89. The first-order chi connectivity index (χ1) is 17.5. The Hall–Kier alpha value is -2.92. The molecule has 0 aromatic heterocycles. The lowest BCUT2D eigenvalue weighted by Crippen LogP contribution is -2.47. The van der Waals surface area contributed by atoms with E-state index < -0.39 is 12.2 Å². The molecular weight excluding hydrogens is 462 g/mol. The standard InChI is InChI=1S/C31H31F4N/c32-15-4-16-36-19-22(20-36)17-21-9-11-24(12-10-21)30-26-7-2-1-5-23(26)6-3-8-28(30)27-14-13-25(31(34)35)18-29(27)33/h1-2,5,7,9-14,18,22,31H,3-4,6,8,15-17,19-20H2. The summed E-state index contributed by atoms with van der Waals surface area (Å²) in [7, 11) is 0. The normalized spacial score (nSPS) is 16.7. The van der Waals surface area contributed by atoms with Crippen molar-refractivity contribution in [1.82, 2.24) is 4.90 Å². The minimum absolute atomic E-state index is 0.260. The summed E-state index contributed by atoms with van der Waals surface area (Å²) in [5.41, 5.74) is 6.53. The molecule has 5 heteroatoms. The van der Waals surface area contributed by atoms with Crippen LogP contribution in [0.4, 0.5) is 17.6 Å². The maximum atomic E-state index is 15.2. The number of rotatable bonds is 8. The van der Waals surface area contributed by atoms with Crippen LogP contribution in [-0.2, 0) is 12.8 Å². The van der Waals surface area contributed by atoms with E-state index in [-0.39, 0.29) is 12.2 Å². The highest BCUT2D eigenvalue weighted by atomic mass is 19.3. The Kier molecular flexibility index (Phi) is 7.56. The minimum Gasteiger partial charge on any atom is -0.303 e. The van der Waals surface area contributed by atoms with Crippen LogP contribution in [0.25, 0.3) is 11.1 Å². The summed E-state index contributed by atoms with van der Waals surface area (Å²) >= 11 is 0. The van der Waals surface area contributed by atoms with Crippen LogP contribution in [0, 0.1) is 11.7 Å². The molecule has 0 saturated carbocycles. The Morgan fingerprint density at radius 1 is 0.889 bits per heavy atom. The minimum atomic E-state index is -2.70. The van der Waals surface area contributed by atoms with Crippen molar-refractivity contribution in [2.75, 3.05) is 26.3 Å². The van der Waals surface area contributed by atoms with Crippen LogP contribution < -0.4 is 0 Å². The molecule has 2 aliphatic rings. The van der Waals surface area contributed by atoms with Crippen molar-refractivity contribution in [3.63, 3.8) is 0 Å². The van der Waals surface area contributed by atoms with Gasteiger partial charge in [-0.2, -0.15) is 0 Å². The largest absolute Gasteiger partial charge is 0.303 e. The van der Waals surface area contributed by atoms with Crippen LogP contribution in [0.2, 0.25) is 0 Å². The maximum Gasteiger partial charge on any atom is 0.263 e. The lowest BCUT2D eigenvalue weighted by Gasteiger charge is -2.39. The second-order valence-electron chi connectivity index (χ2n) is 9.97. The molecule has 0 radical (unpaired) electrons. The van der Waals surface area contributed by atoms with Crippen molar-refractivity contribution >= 4 is 11.1 Å². The van der Waals surface area contributed by atoms with Gasteiger partial charge < -0.3 is 4.90 Å². The number of likely N-dealkylation sites (tertiary alicyclic amines) is 1. The number of benzene rings is 3. The highest BCUT2D eigenvalue weighted by molar-refractivity contribution is 6.00. The average molecular weight is 494 g/mol. The summed E-state index contributed by atoms with van der Waals surface area (Å²) in [4.78, 5) is 2.30. The van der Waals surface area contributed by atoms with Gasteiger partial charge in [-0.15, -0.1) is 0 Å². The number of hydrogen-bond acceptors (Lipinski definition) is 1. The average Bonchev–Trinajstić information content (AvgIpc) is 3.05. The molecule has 3 aromatic rings. The molecule has 0 spiro atoms. The van der Waals surface area contributed by atoms with Gasteiger partial charge in [0.2, 0.25) is 0 Å². The van der Waals surface area contributed by atoms with Crippen LogP contribution in [0.3, 0.4) is 0 Å². The summed E-state index contributed by atoms with van der Waals surface area (Å²) in [6, 6.07) is 20.6. The molecule has 5 rings (SSSR count). The molecule has 0 bridgehead atoms. The lowest BCUT2D eigenvalue weighted by atomic mass is 9.86. The smallest absolute Gasteiger partial charge is 0.263 e. The van der Waals surface area contributed by atoms with E-state index in [4.69, 9.17) is 0 Å². The van der Waals surface area contributed by atoms with Crippen LogP contribution in [0.1, 0.15) is 59.1 Å². The molecule has 36 heavy (non-hydrogen) atoms. The van der Waals surface area contributed by atoms with E-state index in [9.17, 15) is 13.2 Å². The van der Waals surface area contributed by atoms with E-state index >= 15 is 4.39 Å².